The van der Waals surface area contributed by atoms with Crippen molar-refractivity contribution in [3.8, 4) is 23.4 Å². The topological polar surface area (TPSA) is 87.5 Å². The molecule has 0 aliphatic carbocycles. The molecule has 3 rings (SSSR count). The van der Waals surface area contributed by atoms with Crippen molar-refractivity contribution < 1.29 is 4.74 Å². The maximum absolute atomic E-state index is 7.93. The molecule has 6 nitrogen and oxygen atoms in total. The fraction of sp³-hybridized carbons (Fsp3) is 0.188. The van der Waals surface area contributed by atoms with Gasteiger partial charge in [-0.2, -0.15) is 0 Å². The highest BCUT2D eigenvalue weighted by atomic mass is 16.5. The van der Waals surface area contributed by atoms with Crippen LogP contribution in [0.3, 0.4) is 0 Å². The Bertz CT molecular complexity index is 888. The average molecular weight is 292 g/mol. The number of nitrogens with zero attached hydrogens (tertiary/aromatic N) is 3. The van der Waals surface area contributed by atoms with Crippen LogP contribution in [0, 0.1) is 18.8 Å². The summed E-state index contributed by atoms with van der Waals surface area (Å²) >= 11 is 0. The summed E-state index contributed by atoms with van der Waals surface area (Å²) in [6.07, 6.45) is 1.47. The zero-order chi connectivity index (χ0) is 15.5. The highest BCUT2D eigenvalue weighted by Crippen LogP contribution is 2.23. The predicted octanol–water partition coefficient (Wildman–Crippen LogP) is 2.24. The van der Waals surface area contributed by atoms with E-state index in [0.717, 1.165) is 16.6 Å². The molecule has 2 heterocycles. The molecule has 0 saturated carbocycles. The maximum atomic E-state index is 7.93. The lowest BCUT2D eigenvalue weighted by atomic mass is 10.2. The number of imidazole rings is 1. The first kappa shape index (κ1) is 14.0. The normalized spacial score (nSPS) is 10.5. The van der Waals surface area contributed by atoms with Crippen LogP contribution in [0.15, 0.2) is 24.4 Å². The smallest absolute Gasteiger partial charge is 0.174 e. The molecule has 1 radical (unpaired) electrons. The lowest BCUT2D eigenvalue weighted by Crippen LogP contribution is -1.95. The summed E-state index contributed by atoms with van der Waals surface area (Å²) in [4.78, 5) is 16.0. The van der Waals surface area contributed by atoms with Gasteiger partial charge < -0.3 is 9.72 Å². The summed E-state index contributed by atoms with van der Waals surface area (Å²) in [7, 11) is 1.58. The van der Waals surface area contributed by atoms with Gasteiger partial charge in [-0.25, -0.2) is 15.0 Å². The third kappa shape index (κ3) is 2.75. The molecule has 0 amide bonds. The second-order valence-corrected chi connectivity index (χ2v) is 4.79. The third-order valence-electron chi connectivity index (χ3n) is 3.07. The minimum atomic E-state index is 0.0630. The molecule has 0 fully saturated rings. The van der Waals surface area contributed by atoms with Gasteiger partial charge in [-0.3, -0.25) is 5.73 Å². The van der Waals surface area contributed by atoms with E-state index < -0.39 is 0 Å². The van der Waals surface area contributed by atoms with E-state index in [9.17, 15) is 0 Å². The van der Waals surface area contributed by atoms with Crippen molar-refractivity contribution in [2.24, 2.45) is 0 Å². The van der Waals surface area contributed by atoms with E-state index in [-0.39, 0.29) is 5.82 Å². The number of hydrogen-bond donors (Lipinski definition) is 1. The number of H-pyrrole nitrogens is 1. The minimum absolute atomic E-state index is 0.0630. The maximum Gasteiger partial charge on any atom is 0.174 e. The molecule has 22 heavy (non-hydrogen) atoms. The van der Waals surface area contributed by atoms with Crippen molar-refractivity contribution in [2.45, 2.75) is 6.92 Å². The molecule has 0 atom stereocenters. The fourth-order valence-corrected chi connectivity index (χ4v) is 2.05. The Kier molecular flexibility index (Phi) is 3.73. The molecule has 2 N–H and O–H groups in total. The van der Waals surface area contributed by atoms with E-state index in [1.54, 1.807) is 7.11 Å². The standard InChI is InChI=1S/C16H14N5O/c1-10-5-6-12-13(8-10)21-16(20-12)14-15(17)18-9-11(19-14)4-3-7-22-2/h5-6,8-9,17H,7H2,1-2H3,(H,20,21). The molecule has 3 aromatic rings. The Morgan fingerprint density at radius 3 is 3.00 bits per heavy atom. The molecule has 0 aliphatic rings. The molecule has 6 heteroatoms. The van der Waals surface area contributed by atoms with Gasteiger partial charge >= 0.3 is 0 Å². The second-order valence-electron chi connectivity index (χ2n) is 4.79. The third-order valence-corrected chi connectivity index (χ3v) is 3.07. The van der Waals surface area contributed by atoms with Gasteiger partial charge in [0.15, 0.2) is 17.3 Å². The van der Waals surface area contributed by atoms with Crippen LogP contribution in [0.5, 0.6) is 0 Å². The molecule has 1 aromatic carbocycles. The van der Waals surface area contributed by atoms with E-state index >= 15 is 0 Å². The summed E-state index contributed by atoms with van der Waals surface area (Å²) in [5.74, 6) is 6.25. The van der Waals surface area contributed by atoms with Crippen LogP contribution in [0.25, 0.3) is 22.6 Å². The lowest BCUT2D eigenvalue weighted by molar-refractivity contribution is 0.240. The second kappa shape index (κ2) is 5.84. The van der Waals surface area contributed by atoms with Gasteiger partial charge in [0.05, 0.1) is 17.2 Å². The molecule has 109 valence electrons. The molecule has 2 aromatic heterocycles. The Labute approximate surface area is 127 Å². The van der Waals surface area contributed by atoms with E-state index in [1.807, 2.05) is 25.1 Å². The molecule has 0 bridgehead atoms. The van der Waals surface area contributed by atoms with Gasteiger partial charge in [0.2, 0.25) is 0 Å². The van der Waals surface area contributed by atoms with Crippen molar-refractivity contribution in [3.05, 3.63) is 35.7 Å². The number of rotatable bonds is 2. The van der Waals surface area contributed by atoms with Crippen molar-refractivity contribution in [2.75, 3.05) is 13.7 Å². The SMILES string of the molecule is COCC#Cc1cnc([NH])c(-c2nc3ccc(C)cc3[nH]2)n1. The highest BCUT2D eigenvalue weighted by Gasteiger charge is 2.12. The monoisotopic (exact) mass is 292 g/mol. The number of fused-ring (bicyclic) bond motifs is 1. The molecule has 0 spiro atoms. The van der Waals surface area contributed by atoms with Gasteiger partial charge in [-0.15, -0.1) is 0 Å². The van der Waals surface area contributed by atoms with Crippen molar-refractivity contribution in [1.29, 1.82) is 0 Å². The van der Waals surface area contributed by atoms with Crippen LogP contribution in [0.2, 0.25) is 0 Å². The Balaban J connectivity index is 2.05. The average Bonchev–Trinajstić information content (AvgIpc) is 2.92. The van der Waals surface area contributed by atoms with Gasteiger partial charge in [0.25, 0.3) is 0 Å². The quantitative estimate of drug-likeness (QED) is 0.734. The van der Waals surface area contributed by atoms with Crippen molar-refractivity contribution >= 4 is 16.9 Å². The number of nitrogens with one attached hydrogen (secondary N) is 2. The summed E-state index contributed by atoms with van der Waals surface area (Å²) < 4.78 is 4.88. The van der Waals surface area contributed by atoms with Gasteiger partial charge in [0, 0.05) is 7.11 Å². The number of ether oxygens (including phenoxy) is 1. The van der Waals surface area contributed by atoms with Crippen LogP contribution in [0.1, 0.15) is 11.3 Å². The molecule has 0 aliphatic heterocycles. The number of aromatic amines is 1. The zero-order valence-corrected chi connectivity index (χ0v) is 12.3. The van der Waals surface area contributed by atoms with Crippen LogP contribution < -0.4 is 5.73 Å². The van der Waals surface area contributed by atoms with Crippen molar-refractivity contribution in [3.63, 3.8) is 0 Å². The minimum Gasteiger partial charge on any atom is -0.372 e. The Morgan fingerprint density at radius 2 is 2.18 bits per heavy atom. The molecule has 0 saturated heterocycles. The van der Waals surface area contributed by atoms with E-state index in [0.29, 0.717) is 23.8 Å². The number of hydrogen-bond acceptors (Lipinski definition) is 4. The predicted molar refractivity (Wildman–Crippen MR) is 83.4 cm³/mol. The fourth-order valence-electron chi connectivity index (χ4n) is 2.05. The van der Waals surface area contributed by atoms with Crippen LogP contribution in [0.4, 0.5) is 5.82 Å². The van der Waals surface area contributed by atoms with E-state index in [4.69, 9.17) is 10.5 Å². The summed E-state index contributed by atoms with van der Waals surface area (Å²) in [5.41, 5.74) is 11.7. The number of methoxy groups -OCH3 is 1. The van der Waals surface area contributed by atoms with Crippen LogP contribution in [-0.4, -0.2) is 33.7 Å². The van der Waals surface area contributed by atoms with Crippen LogP contribution in [-0.2, 0) is 4.74 Å². The zero-order valence-electron chi connectivity index (χ0n) is 12.3. The first-order chi connectivity index (χ1) is 10.7. The summed E-state index contributed by atoms with van der Waals surface area (Å²) in [6.45, 7) is 2.34. The number of aromatic nitrogens is 4. The van der Waals surface area contributed by atoms with Crippen molar-refractivity contribution in [1.82, 2.24) is 25.7 Å². The molecule has 0 unspecified atom stereocenters. The first-order valence-electron chi connectivity index (χ1n) is 6.70. The van der Waals surface area contributed by atoms with Gasteiger partial charge in [-0.05, 0) is 30.5 Å². The Morgan fingerprint density at radius 1 is 1.32 bits per heavy atom. The van der Waals surface area contributed by atoms with Crippen LogP contribution >= 0.6 is 0 Å². The largest absolute Gasteiger partial charge is 0.372 e. The summed E-state index contributed by atoms with van der Waals surface area (Å²) in [6, 6.07) is 5.93. The lowest BCUT2D eigenvalue weighted by Gasteiger charge is -1.99. The van der Waals surface area contributed by atoms with Gasteiger partial charge in [-0.1, -0.05) is 12.0 Å². The number of benzene rings is 1. The van der Waals surface area contributed by atoms with E-state index in [1.165, 1.54) is 6.20 Å². The Hall–Kier alpha value is -2.91. The van der Waals surface area contributed by atoms with E-state index in [2.05, 4.69) is 31.8 Å². The summed E-state index contributed by atoms with van der Waals surface area (Å²) in [5, 5.41) is 0. The van der Waals surface area contributed by atoms with Gasteiger partial charge in [0.1, 0.15) is 12.3 Å². The number of aryl methyl sites for hydroxylation is 1. The highest BCUT2D eigenvalue weighted by molar-refractivity contribution is 5.80. The molecular formula is C16H14N5O. The first-order valence-corrected chi connectivity index (χ1v) is 6.70. The molecular weight excluding hydrogens is 278 g/mol.